The average Bonchev–Trinajstić information content (AvgIpc) is 1.68. The highest BCUT2D eigenvalue weighted by Crippen LogP contribution is 2.42. The van der Waals surface area contributed by atoms with Crippen molar-refractivity contribution in [1.29, 1.82) is 0 Å². The molecule has 0 aliphatic carbocycles. The minimum absolute atomic E-state index is 0.691. The Bertz CT molecular complexity index is 3200. The van der Waals surface area contributed by atoms with Crippen molar-refractivity contribution in [3.8, 4) is 11.3 Å². The molecular formula is C56H34BF24N. The van der Waals surface area contributed by atoms with E-state index in [0.717, 1.165) is 6.54 Å². The molecule has 1 heterocycles. The largest absolute Gasteiger partial charge is 0.416 e. The molecule has 0 spiro atoms. The quantitative estimate of drug-likeness (QED) is 0.0851. The molecule has 82 heavy (non-hydrogen) atoms. The van der Waals surface area contributed by atoms with Crippen LogP contribution < -0.4 is 26.4 Å². The van der Waals surface area contributed by atoms with Gasteiger partial charge < -0.3 is 0 Å². The highest BCUT2D eigenvalue weighted by atomic mass is 19.4. The molecule has 434 valence electrons. The molecule has 8 aromatic rings. The first-order valence-corrected chi connectivity index (χ1v) is 23.4. The van der Waals surface area contributed by atoms with Gasteiger partial charge in [0.25, 0.3) is 0 Å². The number of halogens is 24. The number of pyridine rings is 1. The number of fused-ring (bicyclic) bond motifs is 1. The summed E-state index contributed by atoms with van der Waals surface area (Å²) in [5, 5.41) is 1.27. The second-order valence-electron chi connectivity index (χ2n) is 18.8. The summed E-state index contributed by atoms with van der Waals surface area (Å²) in [4.78, 5) is 0. The third kappa shape index (κ3) is 13.3. The van der Waals surface area contributed by atoms with Crippen molar-refractivity contribution >= 4 is 38.9 Å². The van der Waals surface area contributed by atoms with Gasteiger partial charge in [-0.25, -0.2) is 0 Å². The highest BCUT2D eigenvalue weighted by Gasteiger charge is 2.47. The molecule has 0 aliphatic rings. The number of para-hydroxylation sites is 1. The van der Waals surface area contributed by atoms with Crippen LogP contribution in [0, 0.1) is 13.8 Å². The molecule has 0 saturated heterocycles. The molecule has 26 heteroatoms. The normalized spacial score (nSPS) is 13.3. The fourth-order valence-electron chi connectivity index (χ4n) is 9.53. The van der Waals surface area contributed by atoms with Crippen LogP contribution in [0.1, 0.15) is 61.2 Å². The van der Waals surface area contributed by atoms with Crippen molar-refractivity contribution in [2.45, 2.75) is 69.8 Å². The lowest BCUT2D eigenvalue weighted by Crippen LogP contribution is -2.75. The molecule has 7 aromatic carbocycles. The van der Waals surface area contributed by atoms with Crippen molar-refractivity contribution in [3.05, 3.63) is 219 Å². The van der Waals surface area contributed by atoms with Crippen molar-refractivity contribution in [3.63, 3.8) is 0 Å². The SMILES string of the molecule is Cc1cccc(-c2ccc3ccccc3[n+]2Cc2ccccc2)c1C.FC(F)(F)c1cc([B-](c2cc(C(F)(F)F)cc(C(F)(F)F)c2)(c2cc(C(F)(F)F)cc(C(F)(F)F)c2)c2cc(C(F)(F)F)cc(C(F)(F)F)c2)cc(C(F)(F)F)c1. The number of aryl methyl sites for hydroxylation is 1. The topological polar surface area (TPSA) is 3.88 Å². The Labute approximate surface area is 448 Å². The summed E-state index contributed by atoms with van der Waals surface area (Å²) >= 11 is 0. The molecular weight excluding hydrogens is 1150 g/mol. The molecule has 8 rings (SSSR count). The lowest BCUT2D eigenvalue weighted by molar-refractivity contribution is -0.651. The van der Waals surface area contributed by atoms with Crippen LogP contribution in [0.25, 0.3) is 22.2 Å². The van der Waals surface area contributed by atoms with E-state index in [1.165, 1.54) is 38.9 Å². The fraction of sp³-hybridized carbons (Fsp3) is 0.196. The van der Waals surface area contributed by atoms with Crippen molar-refractivity contribution < 1.29 is 110 Å². The van der Waals surface area contributed by atoms with Gasteiger partial charge in [-0.05, 0) is 67.4 Å². The molecule has 0 aliphatic heterocycles. The van der Waals surface area contributed by atoms with Crippen LogP contribution in [0.2, 0.25) is 0 Å². The second-order valence-corrected chi connectivity index (χ2v) is 18.8. The van der Waals surface area contributed by atoms with Gasteiger partial charge in [-0.2, -0.15) is 132 Å². The van der Waals surface area contributed by atoms with Crippen LogP contribution in [-0.4, -0.2) is 6.15 Å². The van der Waals surface area contributed by atoms with Gasteiger partial charge in [-0.3, -0.25) is 0 Å². The third-order valence-electron chi connectivity index (χ3n) is 13.4. The van der Waals surface area contributed by atoms with Gasteiger partial charge in [0.1, 0.15) is 6.15 Å². The first kappa shape index (κ1) is 61.9. The first-order chi connectivity index (χ1) is 37.5. The summed E-state index contributed by atoms with van der Waals surface area (Å²) in [5.41, 5.74) is -22.4. The molecule has 0 atom stereocenters. The van der Waals surface area contributed by atoms with Crippen LogP contribution in [0.3, 0.4) is 0 Å². The number of nitrogens with zero attached hydrogens (tertiary/aromatic N) is 1. The summed E-state index contributed by atoms with van der Waals surface area (Å²) in [6.07, 6.45) is -54.8. The van der Waals surface area contributed by atoms with Gasteiger partial charge >= 0.3 is 49.4 Å². The van der Waals surface area contributed by atoms with Crippen LogP contribution in [0.15, 0.2) is 158 Å². The predicted octanol–water partition coefficient (Wildman–Crippen LogP) is 16.7. The number of aromatic nitrogens is 1. The van der Waals surface area contributed by atoms with E-state index in [1.807, 2.05) is 0 Å². The monoisotopic (exact) mass is 1190 g/mol. The van der Waals surface area contributed by atoms with E-state index in [9.17, 15) is 105 Å². The lowest BCUT2D eigenvalue weighted by Gasteiger charge is -2.46. The molecule has 1 aromatic heterocycles. The Morgan fingerprint density at radius 3 is 0.939 bits per heavy atom. The van der Waals surface area contributed by atoms with E-state index in [-0.39, 0.29) is 0 Å². The Hall–Kier alpha value is -7.67. The number of alkyl halides is 24. The first-order valence-electron chi connectivity index (χ1n) is 23.4. The van der Waals surface area contributed by atoms with Gasteiger partial charge in [0, 0.05) is 28.6 Å². The summed E-state index contributed by atoms with van der Waals surface area (Å²) in [7, 11) is 0. The van der Waals surface area contributed by atoms with Crippen LogP contribution in [0.5, 0.6) is 0 Å². The van der Waals surface area contributed by atoms with Crippen LogP contribution in [0.4, 0.5) is 105 Å². The van der Waals surface area contributed by atoms with Gasteiger partial charge in [0.2, 0.25) is 11.2 Å². The fourth-order valence-corrected chi connectivity index (χ4v) is 9.53. The third-order valence-corrected chi connectivity index (χ3v) is 13.4. The molecule has 0 unspecified atom stereocenters. The molecule has 1 nitrogen and oxygen atoms in total. The molecule has 0 radical (unpaired) electrons. The molecule has 0 fully saturated rings. The Morgan fingerprint density at radius 1 is 0.317 bits per heavy atom. The van der Waals surface area contributed by atoms with Gasteiger partial charge in [-0.1, -0.05) is 103 Å². The van der Waals surface area contributed by atoms with Crippen molar-refractivity contribution in [2.75, 3.05) is 0 Å². The minimum atomic E-state index is -6.13. The lowest BCUT2D eigenvalue weighted by atomic mass is 9.12. The zero-order chi connectivity index (χ0) is 61.1. The van der Waals surface area contributed by atoms with E-state index in [2.05, 4.69) is 103 Å². The number of rotatable bonds is 7. The Balaban J connectivity index is 0.000000318. The summed E-state index contributed by atoms with van der Waals surface area (Å²) < 4.78 is 343. The van der Waals surface area contributed by atoms with Crippen LogP contribution >= 0.6 is 0 Å². The van der Waals surface area contributed by atoms with Crippen LogP contribution in [-0.2, 0) is 56.0 Å². The summed E-state index contributed by atoms with van der Waals surface area (Å²) in [6, 6.07) is 21.6. The maximum atomic E-state index is 14.2. The zero-order valence-electron chi connectivity index (χ0n) is 41.3. The van der Waals surface area contributed by atoms with E-state index in [1.54, 1.807) is 0 Å². The molecule has 0 saturated carbocycles. The summed E-state index contributed by atoms with van der Waals surface area (Å²) in [5.74, 6) is 0. The Kier molecular flexibility index (Phi) is 16.3. The maximum absolute atomic E-state index is 14.2. The predicted molar refractivity (Wildman–Crippen MR) is 255 cm³/mol. The standard InChI is InChI=1S/C32H12BF24.C24H22N/c34-25(35,36)13-1-14(26(37,38)39)6-21(5-13)33(22-7-15(27(40,41)42)2-16(8-22)28(43,44)45,23-9-17(29(46,47)48)3-18(10-23)30(49,50)51)24-11-19(31(52,53)54)4-20(12-24)32(55,56)57;1-18-9-8-13-22(19(18)2)24-16-15-21-12-6-7-14-23(21)25(24)17-20-10-4-3-5-11-20/h1-12H;3-16H,17H2,1-2H3/q-1;+1. The molecule has 0 N–H and O–H groups in total. The van der Waals surface area contributed by atoms with Gasteiger partial charge in [0.15, 0.2) is 6.54 Å². The van der Waals surface area contributed by atoms with Gasteiger partial charge in [-0.15, -0.1) is 0 Å². The summed E-state index contributed by atoms with van der Waals surface area (Å²) in [6.45, 7) is 5.26. The van der Waals surface area contributed by atoms with E-state index in [0.29, 0.717) is 0 Å². The highest BCUT2D eigenvalue weighted by molar-refractivity contribution is 7.20. The number of hydrogen-bond acceptors (Lipinski definition) is 0. The van der Waals surface area contributed by atoms with E-state index >= 15 is 0 Å². The minimum Gasteiger partial charge on any atom is -0.194 e. The van der Waals surface area contributed by atoms with Gasteiger partial charge in [0.05, 0.1) is 44.5 Å². The zero-order valence-corrected chi connectivity index (χ0v) is 41.3. The van der Waals surface area contributed by atoms with E-state index in [4.69, 9.17) is 0 Å². The average molecular weight is 1190 g/mol. The molecule has 0 amide bonds. The Morgan fingerprint density at radius 2 is 0.622 bits per heavy atom. The van der Waals surface area contributed by atoms with Crippen molar-refractivity contribution in [2.24, 2.45) is 0 Å². The second kappa shape index (κ2) is 21.6. The number of benzene rings is 7. The number of hydrogen-bond donors (Lipinski definition) is 0. The molecule has 0 bridgehead atoms. The van der Waals surface area contributed by atoms with Crippen molar-refractivity contribution in [1.82, 2.24) is 0 Å². The smallest absolute Gasteiger partial charge is 0.194 e. The van der Waals surface area contributed by atoms with E-state index < -0.39 is 195 Å². The maximum Gasteiger partial charge on any atom is 0.416 e.